The first kappa shape index (κ1) is 11.2. The molecule has 0 amide bonds. The van der Waals surface area contributed by atoms with Crippen LogP contribution in [0.15, 0.2) is 16.6 Å². The molecule has 1 aromatic carbocycles. The van der Waals surface area contributed by atoms with Crippen LogP contribution in [0.1, 0.15) is 0 Å². The molecular weight excluding hydrogens is 275 g/mol. The summed E-state index contributed by atoms with van der Waals surface area (Å²) < 4.78 is 62.9. The molecule has 1 nitrogen and oxygen atoms in total. The molecule has 0 aliphatic heterocycles. The smallest absolute Gasteiger partial charge is 0.404 e. The summed E-state index contributed by atoms with van der Waals surface area (Å²) in [6.45, 7) is 0. The molecule has 0 aliphatic rings. The van der Waals surface area contributed by atoms with Gasteiger partial charge in [-0.1, -0.05) is 0 Å². The van der Waals surface area contributed by atoms with Crippen molar-refractivity contribution in [2.75, 3.05) is 0 Å². The Bertz CT molecular complexity index is 349. The van der Waals surface area contributed by atoms with Crippen LogP contribution in [0.4, 0.5) is 22.0 Å². The highest BCUT2D eigenvalue weighted by atomic mass is 79.9. The van der Waals surface area contributed by atoms with Gasteiger partial charge in [-0.05, 0) is 28.1 Å². The number of benzene rings is 1. The van der Waals surface area contributed by atoms with E-state index in [1.54, 1.807) is 0 Å². The zero-order valence-electron chi connectivity index (χ0n) is 6.33. The van der Waals surface area contributed by atoms with Gasteiger partial charge in [0.2, 0.25) is 0 Å². The van der Waals surface area contributed by atoms with E-state index in [2.05, 4.69) is 20.7 Å². The third-order valence-electron chi connectivity index (χ3n) is 1.23. The zero-order chi connectivity index (χ0) is 10.9. The van der Waals surface area contributed by atoms with Crippen molar-refractivity contribution in [3.05, 3.63) is 28.2 Å². The fraction of sp³-hybridized carbons (Fsp3) is 0.143. The summed E-state index contributed by atoms with van der Waals surface area (Å²) in [7, 11) is 0. The van der Waals surface area contributed by atoms with E-state index < -0.39 is 28.2 Å². The molecule has 1 rings (SSSR count). The predicted molar refractivity (Wildman–Crippen MR) is 40.7 cm³/mol. The summed E-state index contributed by atoms with van der Waals surface area (Å²) >= 11 is 2.44. The first-order chi connectivity index (χ1) is 6.31. The Kier molecular flexibility index (Phi) is 2.98. The van der Waals surface area contributed by atoms with Gasteiger partial charge in [-0.2, -0.15) is 0 Å². The Balaban J connectivity index is 3.06. The number of halogens is 6. The summed E-state index contributed by atoms with van der Waals surface area (Å²) in [5, 5.41) is 0. The van der Waals surface area contributed by atoms with Crippen molar-refractivity contribution in [2.24, 2.45) is 0 Å². The lowest BCUT2D eigenvalue weighted by molar-refractivity contribution is -0.275. The molecule has 0 aromatic heterocycles. The normalized spacial score (nSPS) is 11.6. The minimum Gasteiger partial charge on any atom is -0.404 e. The first-order valence-electron chi connectivity index (χ1n) is 3.20. The molecule has 0 radical (unpaired) electrons. The fourth-order valence-corrected chi connectivity index (χ4v) is 1.11. The van der Waals surface area contributed by atoms with Crippen LogP contribution in [-0.2, 0) is 0 Å². The number of hydrogen-bond donors (Lipinski definition) is 0. The van der Waals surface area contributed by atoms with Crippen LogP contribution in [0.5, 0.6) is 5.75 Å². The minimum absolute atomic E-state index is 0.543. The van der Waals surface area contributed by atoms with Gasteiger partial charge in [0.1, 0.15) is 5.75 Å². The van der Waals surface area contributed by atoms with Gasteiger partial charge in [0.25, 0.3) is 0 Å². The summed E-state index contributed by atoms with van der Waals surface area (Å²) in [6, 6.07) is 1.22. The lowest BCUT2D eigenvalue weighted by Gasteiger charge is -2.10. The van der Waals surface area contributed by atoms with Crippen LogP contribution in [0.25, 0.3) is 0 Å². The van der Waals surface area contributed by atoms with Crippen molar-refractivity contribution in [3.63, 3.8) is 0 Å². The lowest BCUT2D eigenvalue weighted by Crippen LogP contribution is -2.17. The number of rotatable bonds is 1. The molecule has 0 saturated heterocycles. The molecule has 0 heterocycles. The summed E-state index contributed by atoms with van der Waals surface area (Å²) in [4.78, 5) is 0. The SMILES string of the molecule is Fc1ccc(OC(F)(F)F)c(Br)c1F. The van der Waals surface area contributed by atoms with Crippen molar-refractivity contribution < 1.29 is 26.7 Å². The van der Waals surface area contributed by atoms with Crippen LogP contribution < -0.4 is 4.74 Å². The predicted octanol–water partition coefficient (Wildman–Crippen LogP) is 3.63. The fourth-order valence-electron chi connectivity index (χ4n) is 0.712. The topological polar surface area (TPSA) is 9.23 Å². The Labute approximate surface area is 83.6 Å². The molecule has 78 valence electrons. The van der Waals surface area contributed by atoms with Crippen LogP contribution in [-0.4, -0.2) is 6.36 Å². The molecule has 1 aromatic rings. The van der Waals surface area contributed by atoms with E-state index >= 15 is 0 Å². The standard InChI is InChI=1S/C7H2BrF5O/c8-5-4(14-7(11,12)13)2-1-3(9)6(5)10/h1-2H. The minimum atomic E-state index is -4.94. The van der Waals surface area contributed by atoms with E-state index in [4.69, 9.17) is 0 Å². The molecule has 0 saturated carbocycles. The third-order valence-corrected chi connectivity index (χ3v) is 1.96. The highest BCUT2D eigenvalue weighted by Crippen LogP contribution is 2.33. The Morgan fingerprint density at radius 3 is 2.21 bits per heavy atom. The molecule has 0 unspecified atom stereocenters. The third kappa shape index (κ3) is 2.57. The van der Waals surface area contributed by atoms with Crippen molar-refractivity contribution in [3.8, 4) is 5.75 Å². The number of ether oxygens (including phenoxy) is 1. The van der Waals surface area contributed by atoms with E-state index in [1.165, 1.54) is 0 Å². The molecule has 0 atom stereocenters. The first-order valence-corrected chi connectivity index (χ1v) is 4.00. The molecule has 0 fully saturated rings. The van der Waals surface area contributed by atoms with Gasteiger partial charge in [0.05, 0.1) is 4.47 Å². The maximum Gasteiger partial charge on any atom is 0.573 e. The Hall–Kier alpha value is -0.850. The number of alkyl halides is 3. The van der Waals surface area contributed by atoms with Crippen molar-refractivity contribution in [1.82, 2.24) is 0 Å². The van der Waals surface area contributed by atoms with E-state index in [0.29, 0.717) is 12.1 Å². The van der Waals surface area contributed by atoms with Gasteiger partial charge in [-0.25, -0.2) is 8.78 Å². The molecule has 7 heteroatoms. The van der Waals surface area contributed by atoms with E-state index in [9.17, 15) is 22.0 Å². The van der Waals surface area contributed by atoms with Gasteiger partial charge < -0.3 is 4.74 Å². The van der Waals surface area contributed by atoms with Gasteiger partial charge in [0, 0.05) is 0 Å². The van der Waals surface area contributed by atoms with Crippen LogP contribution in [0, 0.1) is 11.6 Å². The monoisotopic (exact) mass is 276 g/mol. The van der Waals surface area contributed by atoms with Gasteiger partial charge >= 0.3 is 6.36 Å². The summed E-state index contributed by atoms with van der Waals surface area (Å²) in [5.41, 5.74) is 0. The van der Waals surface area contributed by atoms with Gasteiger partial charge in [0.15, 0.2) is 11.6 Å². The summed E-state index contributed by atoms with van der Waals surface area (Å²) in [5.74, 6) is -3.51. The molecule has 0 aliphatic carbocycles. The molecule has 14 heavy (non-hydrogen) atoms. The second-order valence-electron chi connectivity index (χ2n) is 2.22. The second kappa shape index (κ2) is 3.72. The van der Waals surface area contributed by atoms with Crippen molar-refractivity contribution >= 4 is 15.9 Å². The van der Waals surface area contributed by atoms with E-state index in [0.717, 1.165) is 0 Å². The van der Waals surface area contributed by atoms with Crippen LogP contribution in [0.3, 0.4) is 0 Å². The van der Waals surface area contributed by atoms with Gasteiger partial charge in [-0.3, -0.25) is 0 Å². The highest BCUT2D eigenvalue weighted by molar-refractivity contribution is 9.10. The Morgan fingerprint density at radius 1 is 1.14 bits per heavy atom. The molecular formula is C7H2BrF5O. The van der Waals surface area contributed by atoms with Crippen LogP contribution >= 0.6 is 15.9 Å². The molecule has 0 spiro atoms. The highest BCUT2D eigenvalue weighted by Gasteiger charge is 2.32. The molecule has 0 N–H and O–H groups in total. The largest absolute Gasteiger partial charge is 0.573 e. The van der Waals surface area contributed by atoms with E-state index in [-0.39, 0.29) is 0 Å². The quantitative estimate of drug-likeness (QED) is 0.562. The maximum atomic E-state index is 12.7. The zero-order valence-corrected chi connectivity index (χ0v) is 7.92. The second-order valence-corrected chi connectivity index (χ2v) is 3.01. The lowest BCUT2D eigenvalue weighted by atomic mass is 10.3. The van der Waals surface area contributed by atoms with Crippen molar-refractivity contribution in [2.45, 2.75) is 6.36 Å². The number of hydrogen-bond acceptors (Lipinski definition) is 1. The molecule has 0 bridgehead atoms. The van der Waals surface area contributed by atoms with Crippen molar-refractivity contribution in [1.29, 1.82) is 0 Å². The summed E-state index contributed by atoms with van der Waals surface area (Å²) in [6.07, 6.45) is -4.94. The maximum absolute atomic E-state index is 12.7. The van der Waals surface area contributed by atoms with Gasteiger partial charge in [-0.15, -0.1) is 13.2 Å². The average molecular weight is 277 g/mol. The Morgan fingerprint density at radius 2 is 1.71 bits per heavy atom. The van der Waals surface area contributed by atoms with Crippen LogP contribution in [0.2, 0.25) is 0 Å². The van der Waals surface area contributed by atoms with E-state index in [1.807, 2.05) is 0 Å². The average Bonchev–Trinajstić information content (AvgIpc) is 2.04.